The van der Waals surface area contributed by atoms with Crippen molar-refractivity contribution in [3.63, 3.8) is 0 Å². The van der Waals surface area contributed by atoms with E-state index >= 15 is 0 Å². The fourth-order valence-corrected chi connectivity index (χ4v) is 2.69. The van der Waals surface area contributed by atoms with Crippen molar-refractivity contribution in [1.82, 2.24) is 10.1 Å². The summed E-state index contributed by atoms with van der Waals surface area (Å²) in [6, 6.07) is 1.58. The quantitative estimate of drug-likeness (QED) is 0.882. The van der Waals surface area contributed by atoms with Crippen molar-refractivity contribution in [2.24, 2.45) is 0 Å². The molecule has 0 aliphatic heterocycles. The van der Waals surface area contributed by atoms with Gasteiger partial charge in [0.2, 0.25) is 5.88 Å². The highest BCUT2D eigenvalue weighted by atomic mass is 32.2. The van der Waals surface area contributed by atoms with Crippen LogP contribution in [0.4, 0.5) is 11.6 Å². The summed E-state index contributed by atoms with van der Waals surface area (Å²) in [7, 11) is -2.14. The van der Waals surface area contributed by atoms with Crippen molar-refractivity contribution >= 4 is 21.6 Å². The summed E-state index contributed by atoms with van der Waals surface area (Å²) in [4.78, 5) is 3.87. The van der Waals surface area contributed by atoms with Gasteiger partial charge in [-0.05, 0) is 19.9 Å². The fraction of sp³-hybridized carbons (Fsp3) is 0.273. The average molecular weight is 282 g/mol. The molecule has 0 unspecified atom stereocenters. The summed E-state index contributed by atoms with van der Waals surface area (Å²) < 4.78 is 31.8. The first kappa shape index (κ1) is 13.3. The first-order valence-corrected chi connectivity index (χ1v) is 7.01. The van der Waals surface area contributed by atoms with Crippen LogP contribution in [0.2, 0.25) is 0 Å². The number of sulfonamides is 1. The number of anilines is 2. The molecule has 2 aromatic rings. The van der Waals surface area contributed by atoms with Gasteiger partial charge in [-0.3, -0.25) is 4.98 Å². The Balaban J connectivity index is 2.41. The molecule has 0 saturated carbocycles. The van der Waals surface area contributed by atoms with Gasteiger partial charge in [-0.2, -0.15) is 0 Å². The van der Waals surface area contributed by atoms with Crippen molar-refractivity contribution in [3.8, 4) is 0 Å². The van der Waals surface area contributed by atoms with E-state index in [4.69, 9.17) is 4.52 Å². The number of pyridine rings is 1. The Morgan fingerprint density at radius 3 is 2.63 bits per heavy atom. The van der Waals surface area contributed by atoms with Crippen molar-refractivity contribution in [3.05, 3.63) is 29.7 Å². The zero-order chi connectivity index (χ0) is 14.0. The maximum Gasteiger partial charge on any atom is 0.267 e. The number of nitrogens with zero attached hydrogens (tertiary/aromatic N) is 2. The lowest BCUT2D eigenvalue weighted by Crippen LogP contribution is -2.15. The van der Waals surface area contributed by atoms with E-state index in [0.717, 1.165) is 0 Å². The zero-order valence-corrected chi connectivity index (χ0v) is 11.6. The molecular weight excluding hydrogens is 268 g/mol. The van der Waals surface area contributed by atoms with Gasteiger partial charge in [0.15, 0.2) is 0 Å². The van der Waals surface area contributed by atoms with Crippen LogP contribution in [0.5, 0.6) is 0 Å². The highest BCUT2D eigenvalue weighted by molar-refractivity contribution is 7.92. The van der Waals surface area contributed by atoms with Crippen LogP contribution in [-0.4, -0.2) is 25.6 Å². The maximum absolute atomic E-state index is 12.3. The van der Waals surface area contributed by atoms with Crippen LogP contribution in [0.25, 0.3) is 0 Å². The van der Waals surface area contributed by atoms with Crippen LogP contribution in [-0.2, 0) is 10.0 Å². The summed E-state index contributed by atoms with van der Waals surface area (Å²) >= 11 is 0. The van der Waals surface area contributed by atoms with Gasteiger partial charge in [0.25, 0.3) is 10.0 Å². The number of hydrogen-bond acceptors (Lipinski definition) is 6. The summed E-state index contributed by atoms with van der Waals surface area (Å²) in [6.07, 6.45) is 2.78. The van der Waals surface area contributed by atoms with Crippen LogP contribution in [0.3, 0.4) is 0 Å². The Labute approximate surface area is 111 Å². The van der Waals surface area contributed by atoms with Gasteiger partial charge < -0.3 is 9.84 Å². The van der Waals surface area contributed by atoms with Gasteiger partial charge >= 0.3 is 0 Å². The van der Waals surface area contributed by atoms with Crippen LogP contribution in [0.15, 0.2) is 27.9 Å². The molecule has 0 saturated heterocycles. The Morgan fingerprint density at radius 1 is 1.32 bits per heavy atom. The van der Waals surface area contributed by atoms with E-state index in [1.165, 1.54) is 12.4 Å². The highest BCUT2D eigenvalue weighted by Gasteiger charge is 2.22. The third-order valence-corrected chi connectivity index (χ3v) is 4.09. The van der Waals surface area contributed by atoms with Gasteiger partial charge in [0.1, 0.15) is 4.90 Å². The first-order chi connectivity index (χ1) is 8.95. The monoisotopic (exact) mass is 282 g/mol. The molecule has 0 fully saturated rings. The number of hydrogen-bond donors (Lipinski definition) is 2. The third kappa shape index (κ3) is 2.53. The van der Waals surface area contributed by atoms with E-state index < -0.39 is 10.0 Å². The number of nitrogens with one attached hydrogen (secondary N) is 2. The minimum absolute atomic E-state index is 0.0472. The summed E-state index contributed by atoms with van der Waals surface area (Å²) in [5, 5.41) is 6.51. The topological polar surface area (TPSA) is 97.1 Å². The fourth-order valence-electron chi connectivity index (χ4n) is 1.49. The second-order valence-corrected chi connectivity index (χ2v) is 5.60. The van der Waals surface area contributed by atoms with Gasteiger partial charge in [0, 0.05) is 25.0 Å². The number of aryl methyl sites for hydroxylation is 1. The van der Waals surface area contributed by atoms with Gasteiger partial charge in [-0.25, -0.2) is 13.1 Å². The minimum atomic E-state index is -3.77. The molecule has 0 aliphatic carbocycles. The predicted molar refractivity (Wildman–Crippen MR) is 70.6 cm³/mol. The molecule has 2 N–H and O–H groups in total. The molecule has 8 heteroatoms. The summed E-state index contributed by atoms with van der Waals surface area (Å²) in [5.74, 6) is 0.114. The molecule has 19 heavy (non-hydrogen) atoms. The van der Waals surface area contributed by atoms with Gasteiger partial charge in [-0.15, -0.1) is 0 Å². The largest absolute Gasteiger partial charge is 0.387 e. The molecule has 0 aromatic carbocycles. The summed E-state index contributed by atoms with van der Waals surface area (Å²) in [5.41, 5.74) is 1.74. The molecule has 102 valence electrons. The smallest absolute Gasteiger partial charge is 0.267 e. The van der Waals surface area contributed by atoms with E-state index in [-0.39, 0.29) is 10.8 Å². The van der Waals surface area contributed by atoms with Gasteiger partial charge in [0.05, 0.1) is 11.4 Å². The molecule has 0 spiro atoms. The Bertz CT molecular complexity index is 694. The summed E-state index contributed by atoms with van der Waals surface area (Å²) in [6.45, 7) is 3.46. The number of aromatic nitrogens is 2. The van der Waals surface area contributed by atoms with E-state index in [1.807, 2.05) is 0 Å². The van der Waals surface area contributed by atoms with Crippen LogP contribution in [0, 0.1) is 13.8 Å². The normalized spacial score (nSPS) is 11.3. The molecule has 7 nitrogen and oxygen atoms in total. The highest BCUT2D eigenvalue weighted by Crippen LogP contribution is 2.24. The number of rotatable bonds is 4. The van der Waals surface area contributed by atoms with Crippen LogP contribution < -0.4 is 10.0 Å². The predicted octanol–water partition coefficient (Wildman–Crippen LogP) is 1.53. The molecule has 2 heterocycles. The molecule has 0 bridgehead atoms. The van der Waals surface area contributed by atoms with Crippen LogP contribution in [0.1, 0.15) is 11.3 Å². The van der Waals surface area contributed by atoms with E-state index in [2.05, 4.69) is 20.2 Å². The first-order valence-electron chi connectivity index (χ1n) is 5.53. The van der Waals surface area contributed by atoms with Crippen molar-refractivity contribution in [2.45, 2.75) is 18.7 Å². The van der Waals surface area contributed by atoms with Crippen molar-refractivity contribution in [2.75, 3.05) is 17.1 Å². The Kier molecular flexibility index (Phi) is 3.43. The minimum Gasteiger partial charge on any atom is -0.387 e. The molecule has 0 atom stereocenters. The maximum atomic E-state index is 12.3. The van der Waals surface area contributed by atoms with E-state index in [1.54, 1.807) is 27.0 Å². The SMILES string of the molecule is CNc1ccncc1S(=O)(=O)Nc1onc(C)c1C. The third-order valence-electron chi connectivity index (χ3n) is 2.73. The standard InChI is InChI=1S/C11H14N4O3S/c1-7-8(2)14-18-11(7)15-19(16,17)10-6-13-5-4-9(10)12-3/h4-6,15H,1-3H3,(H,12,13). The zero-order valence-electron chi connectivity index (χ0n) is 10.8. The van der Waals surface area contributed by atoms with E-state index in [0.29, 0.717) is 16.9 Å². The van der Waals surface area contributed by atoms with Gasteiger partial charge in [-0.1, -0.05) is 5.16 Å². The lowest BCUT2D eigenvalue weighted by Gasteiger charge is -2.09. The second kappa shape index (κ2) is 4.88. The molecule has 0 amide bonds. The van der Waals surface area contributed by atoms with E-state index in [9.17, 15) is 8.42 Å². The van der Waals surface area contributed by atoms with Crippen molar-refractivity contribution < 1.29 is 12.9 Å². The molecular formula is C11H14N4O3S. The molecule has 2 aromatic heterocycles. The molecule has 2 rings (SSSR count). The molecule has 0 radical (unpaired) electrons. The van der Waals surface area contributed by atoms with Crippen molar-refractivity contribution in [1.29, 1.82) is 0 Å². The lowest BCUT2D eigenvalue weighted by atomic mass is 10.3. The lowest BCUT2D eigenvalue weighted by molar-refractivity contribution is 0.430. The average Bonchev–Trinajstić information content (AvgIpc) is 2.70. The Morgan fingerprint density at radius 2 is 2.05 bits per heavy atom. The second-order valence-electron chi connectivity index (χ2n) is 3.95. The molecule has 0 aliphatic rings. The Hall–Kier alpha value is -2.09. The van der Waals surface area contributed by atoms with Crippen LogP contribution >= 0.6 is 0 Å².